The monoisotopic (exact) mass is 275 g/mol. The van der Waals surface area contributed by atoms with E-state index in [1.807, 2.05) is 6.07 Å². The Kier molecular flexibility index (Phi) is 4.81. The van der Waals surface area contributed by atoms with E-state index in [4.69, 9.17) is 10.8 Å². The molecule has 0 spiro atoms. The molecule has 0 amide bonds. The van der Waals surface area contributed by atoms with Crippen molar-refractivity contribution in [2.75, 3.05) is 6.54 Å². The number of benzene rings is 1. The Morgan fingerprint density at radius 1 is 1.30 bits per heavy atom. The van der Waals surface area contributed by atoms with Crippen molar-refractivity contribution < 1.29 is 9.90 Å². The van der Waals surface area contributed by atoms with Gasteiger partial charge in [0.1, 0.15) is 0 Å². The van der Waals surface area contributed by atoms with E-state index in [-0.39, 0.29) is 11.8 Å². The van der Waals surface area contributed by atoms with E-state index in [0.717, 1.165) is 25.7 Å². The number of carboxylic acid groups (broad SMARTS) is 1. The Bertz CT molecular complexity index is 446. The summed E-state index contributed by atoms with van der Waals surface area (Å²) in [6.07, 6.45) is 4.28. The van der Waals surface area contributed by atoms with Gasteiger partial charge < -0.3 is 10.8 Å². The Hall–Kier alpha value is -1.35. The molecule has 0 heterocycles. The minimum Gasteiger partial charge on any atom is -0.481 e. The van der Waals surface area contributed by atoms with Gasteiger partial charge in [-0.2, -0.15) is 0 Å². The van der Waals surface area contributed by atoms with E-state index < -0.39 is 5.97 Å². The van der Waals surface area contributed by atoms with Crippen molar-refractivity contribution in [2.24, 2.45) is 23.0 Å². The largest absolute Gasteiger partial charge is 0.481 e. The summed E-state index contributed by atoms with van der Waals surface area (Å²) in [4.78, 5) is 11.1. The molecule has 1 aromatic rings. The molecule has 110 valence electrons. The van der Waals surface area contributed by atoms with Gasteiger partial charge in [-0.1, -0.05) is 43.7 Å². The normalized spacial score (nSPS) is 29.5. The fourth-order valence-corrected chi connectivity index (χ4v) is 3.87. The van der Waals surface area contributed by atoms with Crippen molar-refractivity contribution in [3.05, 3.63) is 35.9 Å². The summed E-state index contributed by atoms with van der Waals surface area (Å²) in [6, 6.07) is 10.5. The van der Waals surface area contributed by atoms with Crippen LogP contribution in [0.3, 0.4) is 0 Å². The van der Waals surface area contributed by atoms with Gasteiger partial charge in [0.05, 0.1) is 6.42 Å². The molecule has 1 aliphatic carbocycles. The maximum Gasteiger partial charge on any atom is 0.303 e. The zero-order valence-electron chi connectivity index (χ0n) is 12.2. The summed E-state index contributed by atoms with van der Waals surface area (Å²) in [7, 11) is 0. The molecule has 3 atom stereocenters. The molecule has 0 saturated heterocycles. The molecular weight excluding hydrogens is 250 g/mol. The zero-order chi connectivity index (χ0) is 14.6. The van der Waals surface area contributed by atoms with E-state index in [9.17, 15) is 4.79 Å². The summed E-state index contributed by atoms with van der Waals surface area (Å²) >= 11 is 0. The minimum atomic E-state index is -0.717. The van der Waals surface area contributed by atoms with Crippen molar-refractivity contribution in [1.29, 1.82) is 0 Å². The van der Waals surface area contributed by atoms with Crippen molar-refractivity contribution in [2.45, 2.75) is 39.0 Å². The number of nitrogens with two attached hydrogens (primary N) is 1. The topological polar surface area (TPSA) is 63.3 Å². The average Bonchev–Trinajstić information content (AvgIpc) is 2.77. The Morgan fingerprint density at radius 2 is 1.95 bits per heavy atom. The Labute approximate surface area is 121 Å². The first-order chi connectivity index (χ1) is 9.58. The molecule has 2 rings (SSSR count). The lowest BCUT2D eigenvalue weighted by Crippen LogP contribution is -2.31. The standard InChI is InChI=1S/C17H25NO2/c1-2-14-9-17(12-18,11-16(19)20)10-15(14)8-13-6-4-3-5-7-13/h3-7,14-15H,2,8-12,18H2,1H3,(H,19,20)/t14-,15-,17-/m0/s1. The third-order valence-electron chi connectivity index (χ3n) is 4.88. The Morgan fingerprint density at radius 3 is 2.50 bits per heavy atom. The van der Waals surface area contributed by atoms with Crippen molar-refractivity contribution in [3.63, 3.8) is 0 Å². The molecule has 3 heteroatoms. The summed E-state index contributed by atoms with van der Waals surface area (Å²) in [5, 5.41) is 9.15. The number of carbonyl (C=O) groups is 1. The average molecular weight is 275 g/mol. The second-order valence-electron chi connectivity index (χ2n) is 6.30. The molecule has 0 aromatic heterocycles. The predicted octanol–water partition coefficient (Wildman–Crippen LogP) is 3.09. The lowest BCUT2D eigenvalue weighted by atomic mass is 9.81. The lowest BCUT2D eigenvalue weighted by molar-refractivity contribution is -0.139. The van der Waals surface area contributed by atoms with Gasteiger partial charge in [0.15, 0.2) is 0 Å². The number of hydrogen-bond donors (Lipinski definition) is 2. The maximum absolute atomic E-state index is 11.1. The van der Waals surface area contributed by atoms with Crippen LogP contribution in [-0.2, 0) is 11.2 Å². The minimum absolute atomic E-state index is 0.189. The SMILES string of the molecule is CC[C@H]1C[C@@](CN)(CC(=O)O)C[C@@H]1Cc1ccccc1. The molecule has 0 aliphatic heterocycles. The summed E-state index contributed by atoms with van der Waals surface area (Å²) in [5.41, 5.74) is 7.08. The van der Waals surface area contributed by atoms with Gasteiger partial charge in [-0.15, -0.1) is 0 Å². The molecule has 1 aromatic carbocycles. The first-order valence-corrected chi connectivity index (χ1v) is 7.54. The smallest absolute Gasteiger partial charge is 0.303 e. The molecule has 0 unspecified atom stereocenters. The van der Waals surface area contributed by atoms with Crippen LogP contribution in [0.25, 0.3) is 0 Å². The molecule has 0 bridgehead atoms. The van der Waals surface area contributed by atoms with Crippen LogP contribution in [0.5, 0.6) is 0 Å². The second kappa shape index (κ2) is 6.40. The van der Waals surface area contributed by atoms with Crippen LogP contribution in [-0.4, -0.2) is 17.6 Å². The number of hydrogen-bond acceptors (Lipinski definition) is 2. The lowest BCUT2D eigenvalue weighted by Gasteiger charge is -2.25. The third kappa shape index (κ3) is 3.40. The highest BCUT2D eigenvalue weighted by Crippen LogP contribution is 2.49. The Balaban J connectivity index is 2.11. The highest BCUT2D eigenvalue weighted by Gasteiger charge is 2.44. The van der Waals surface area contributed by atoms with Crippen molar-refractivity contribution >= 4 is 5.97 Å². The number of rotatable bonds is 6. The fraction of sp³-hybridized carbons (Fsp3) is 0.588. The second-order valence-corrected chi connectivity index (χ2v) is 6.30. The van der Waals surface area contributed by atoms with Gasteiger partial charge in [-0.3, -0.25) is 4.79 Å². The van der Waals surface area contributed by atoms with E-state index in [1.165, 1.54) is 5.56 Å². The molecule has 1 fully saturated rings. The van der Waals surface area contributed by atoms with Gasteiger partial charge in [0.2, 0.25) is 0 Å². The van der Waals surface area contributed by atoms with Crippen LogP contribution in [0.1, 0.15) is 38.2 Å². The summed E-state index contributed by atoms with van der Waals surface area (Å²) in [5.74, 6) is 0.439. The van der Waals surface area contributed by atoms with Crippen LogP contribution in [0, 0.1) is 17.3 Å². The van der Waals surface area contributed by atoms with Crippen LogP contribution in [0.4, 0.5) is 0 Å². The van der Waals surface area contributed by atoms with Gasteiger partial charge in [0, 0.05) is 0 Å². The molecule has 0 radical (unpaired) electrons. The van der Waals surface area contributed by atoms with Crippen LogP contribution in [0.15, 0.2) is 30.3 Å². The fourth-order valence-electron chi connectivity index (χ4n) is 3.87. The van der Waals surface area contributed by atoms with Crippen LogP contribution >= 0.6 is 0 Å². The quantitative estimate of drug-likeness (QED) is 0.838. The van der Waals surface area contributed by atoms with E-state index in [1.54, 1.807) is 0 Å². The molecule has 3 nitrogen and oxygen atoms in total. The predicted molar refractivity (Wildman–Crippen MR) is 80.4 cm³/mol. The summed E-state index contributed by atoms with van der Waals surface area (Å²) in [6.45, 7) is 2.69. The molecule has 20 heavy (non-hydrogen) atoms. The highest BCUT2D eigenvalue weighted by molar-refractivity contribution is 5.67. The molecular formula is C17H25NO2. The first-order valence-electron chi connectivity index (χ1n) is 7.54. The molecule has 3 N–H and O–H groups in total. The zero-order valence-corrected chi connectivity index (χ0v) is 12.2. The van der Waals surface area contributed by atoms with Crippen molar-refractivity contribution in [3.8, 4) is 0 Å². The highest BCUT2D eigenvalue weighted by atomic mass is 16.4. The number of aliphatic carboxylic acids is 1. The van der Waals surface area contributed by atoms with Gasteiger partial charge in [-0.05, 0) is 48.6 Å². The maximum atomic E-state index is 11.1. The van der Waals surface area contributed by atoms with E-state index in [2.05, 4.69) is 31.2 Å². The van der Waals surface area contributed by atoms with Crippen LogP contribution < -0.4 is 5.73 Å². The van der Waals surface area contributed by atoms with E-state index >= 15 is 0 Å². The molecule has 1 aliphatic rings. The van der Waals surface area contributed by atoms with Crippen LogP contribution in [0.2, 0.25) is 0 Å². The van der Waals surface area contributed by atoms with Gasteiger partial charge in [0.25, 0.3) is 0 Å². The van der Waals surface area contributed by atoms with Crippen molar-refractivity contribution in [1.82, 2.24) is 0 Å². The van der Waals surface area contributed by atoms with Gasteiger partial charge >= 0.3 is 5.97 Å². The van der Waals surface area contributed by atoms with Gasteiger partial charge in [-0.25, -0.2) is 0 Å². The van der Waals surface area contributed by atoms with E-state index in [0.29, 0.717) is 18.4 Å². The molecule has 1 saturated carbocycles. The number of carboxylic acids is 1. The first kappa shape index (κ1) is 15.0. The third-order valence-corrected chi connectivity index (χ3v) is 4.88. The summed E-state index contributed by atoms with van der Waals surface area (Å²) < 4.78 is 0.